The number of nitrogens with zero attached hydrogens (tertiary/aromatic N) is 6. The van der Waals surface area contributed by atoms with Gasteiger partial charge in [0, 0.05) is 43.7 Å². The second kappa shape index (κ2) is 10.0. The fraction of sp³-hybridized carbons (Fsp3) is 0.517. The van der Waals surface area contributed by atoms with Gasteiger partial charge in [-0.15, -0.1) is 0 Å². The number of hydrogen-bond acceptors (Lipinski definition) is 11. The molecule has 8 rings (SSSR count). The first-order valence-corrected chi connectivity index (χ1v) is 15.5. The molecule has 0 amide bonds. The summed E-state index contributed by atoms with van der Waals surface area (Å²) in [5, 5.41) is 3.62. The molecule has 10 nitrogen and oxygen atoms in total. The summed E-state index contributed by atoms with van der Waals surface area (Å²) in [6.45, 7) is 2.97. The molecule has 1 aromatic carbocycles. The zero-order valence-corrected chi connectivity index (χ0v) is 24.4. The van der Waals surface area contributed by atoms with E-state index in [1.54, 1.807) is 0 Å². The molecule has 4 atom stereocenters. The number of pyridine rings is 1. The Morgan fingerprint density at radius 3 is 2.70 bits per heavy atom. The highest BCUT2D eigenvalue weighted by Gasteiger charge is 2.49. The van der Waals surface area contributed by atoms with E-state index in [-0.39, 0.29) is 62.5 Å². The number of fused-ring (bicyclic) bond motifs is 5. The minimum Gasteiger partial charge on any atom is -0.480 e. The predicted molar refractivity (Wildman–Crippen MR) is 158 cm³/mol. The molecule has 2 bridgehead atoms. The zero-order chi connectivity index (χ0) is 29.5. The van der Waals surface area contributed by atoms with E-state index < -0.39 is 23.3 Å². The summed E-state index contributed by atoms with van der Waals surface area (Å²) in [6.07, 6.45) is 3.21. The number of nitrogens with two attached hydrogens (primary N) is 1. The number of halogens is 3. The Balaban J connectivity index is 1.30. The summed E-state index contributed by atoms with van der Waals surface area (Å²) in [5.41, 5.74) is 6.22. The van der Waals surface area contributed by atoms with Crippen LogP contribution < -0.4 is 25.4 Å². The third kappa shape index (κ3) is 4.20. The van der Waals surface area contributed by atoms with E-state index >= 15 is 4.39 Å². The normalized spacial score (nSPS) is 27.0. The predicted octanol–water partition coefficient (Wildman–Crippen LogP) is 4.07. The second-order valence-corrected chi connectivity index (χ2v) is 13.0. The first-order chi connectivity index (χ1) is 20.8. The average molecular weight is 613 g/mol. The maximum atomic E-state index is 16.9. The van der Waals surface area contributed by atoms with Gasteiger partial charge in [-0.25, -0.2) is 23.1 Å². The van der Waals surface area contributed by atoms with Gasteiger partial charge in [0.05, 0.1) is 28.4 Å². The minimum absolute atomic E-state index is 0.000749. The number of thiazole rings is 1. The number of alkyl halides is 1. The third-order valence-corrected chi connectivity index (χ3v) is 10.4. The van der Waals surface area contributed by atoms with Crippen molar-refractivity contribution in [1.82, 2.24) is 30.2 Å². The summed E-state index contributed by atoms with van der Waals surface area (Å²) in [6, 6.07) is 3.02. The fourth-order valence-corrected chi connectivity index (χ4v) is 8.40. The van der Waals surface area contributed by atoms with Gasteiger partial charge in [-0.2, -0.15) is 9.97 Å². The van der Waals surface area contributed by atoms with Crippen LogP contribution in [0.15, 0.2) is 12.1 Å². The summed E-state index contributed by atoms with van der Waals surface area (Å²) in [4.78, 5) is 22.8. The quantitative estimate of drug-likeness (QED) is 0.330. The average Bonchev–Trinajstić information content (AvgIpc) is 3.72. The van der Waals surface area contributed by atoms with Gasteiger partial charge in [-0.05, 0) is 44.4 Å². The largest absolute Gasteiger partial charge is 0.480 e. The third-order valence-electron chi connectivity index (χ3n) is 9.53. The van der Waals surface area contributed by atoms with E-state index in [1.807, 2.05) is 0 Å². The fourth-order valence-electron chi connectivity index (χ4n) is 7.64. The Kier molecular flexibility index (Phi) is 6.32. The maximum absolute atomic E-state index is 16.9. The number of nitrogen functional groups attached to an aromatic ring is 1. The van der Waals surface area contributed by atoms with Crippen LogP contribution in [-0.2, 0) is 0 Å². The number of piperazine rings is 1. The van der Waals surface area contributed by atoms with E-state index in [9.17, 15) is 8.78 Å². The van der Waals surface area contributed by atoms with Gasteiger partial charge in [-0.1, -0.05) is 11.3 Å². The van der Waals surface area contributed by atoms with Crippen molar-refractivity contribution in [3.63, 3.8) is 0 Å². The van der Waals surface area contributed by atoms with Crippen molar-refractivity contribution in [2.24, 2.45) is 0 Å². The van der Waals surface area contributed by atoms with Crippen molar-refractivity contribution >= 4 is 43.5 Å². The number of aromatic nitrogens is 4. The van der Waals surface area contributed by atoms with Crippen LogP contribution in [0, 0.1) is 11.6 Å². The SMILES string of the molecule is COc1nc2c(N3C4CCC3CNC4)nc(OC[C@@]34CCCN3C[C@H](F)C4)nc2c(F)c1-c1ccc(F)c2sc(N)nc12. The molecule has 0 radical (unpaired) electrons. The molecule has 3 aromatic heterocycles. The molecular formula is C29H31F3N8O2S. The molecule has 4 aromatic rings. The second-order valence-electron chi connectivity index (χ2n) is 12.0. The Bertz CT molecular complexity index is 1740. The number of hydrogen-bond donors (Lipinski definition) is 2. The molecule has 7 heterocycles. The van der Waals surface area contributed by atoms with Crippen molar-refractivity contribution in [3.05, 3.63) is 23.8 Å². The van der Waals surface area contributed by atoms with Gasteiger partial charge >= 0.3 is 6.01 Å². The van der Waals surface area contributed by atoms with Crippen molar-refractivity contribution < 1.29 is 22.6 Å². The van der Waals surface area contributed by atoms with E-state index in [0.717, 1.165) is 56.7 Å². The van der Waals surface area contributed by atoms with Crippen LogP contribution in [0.3, 0.4) is 0 Å². The highest BCUT2D eigenvalue weighted by molar-refractivity contribution is 7.22. The molecule has 4 fully saturated rings. The highest BCUT2D eigenvalue weighted by Crippen LogP contribution is 2.44. The molecule has 4 aliphatic heterocycles. The van der Waals surface area contributed by atoms with Gasteiger partial charge in [0.2, 0.25) is 5.88 Å². The molecule has 226 valence electrons. The van der Waals surface area contributed by atoms with Gasteiger partial charge in [-0.3, -0.25) is 4.90 Å². The molecule has 0 saturated carbocycles. The lowest BCUT2D eigenvalue weighted by atomic mass is 9.95. The maximum Gasteiger partial charge on any atom is 0.319 e. The lowest BCUT2D eigenvalue weighted by molar-refractivity contribution is 0.107. The van der Waals surface area contributed by atoms with Gasteiger partial charge in [0.1, 0.15) is 29.6 Å². The lowest BCUT2D eigenvalue weighted by Crippen LogP contribution is -2.52. The van der Waals surface area contributed by atoms with E-state index in [0.29, 0.717) is 24.3 Å². The van der Waals surface area contributed by atoms with Gasteiger partial charge in [0.15, 0.2) is 16.8 Å². The van der Waals surface area contributed by atoms with Gasteiger partial charge in [0.25, 0.3) is 0 Å². The van der Waals surface area contributed by atoms with Crippen LogP contribution in [0.2, 0.25) is 0 Å². The summed E-state index contributed by atoms with van der Waals surface area (Å²) < 4.78 is 58.1. The molecule has 3 N–H and O–H groups in total. The first-order valence-electron chi connectivity index (χ1n) is 14.7. The van der Waals surface area contributed by atoms with E-state index in [1.165, 1.54) is 19.2 Å². The van der Waals surface area contributed by atoms with Crippen LogP contribution in [0.1, 0.15) is 32.1 Å². The van der Waals surface area contributed by atoms with E-state index in [4.69, 9.17) is 25.2 Å². The number of rotatable bonds is 6. The Morgan fingerprint density at radius 2 is 1.91 bits per heavy atom. The Morgan fingerprint density at radius 1 is 1.09 bits per heavy atom. The number of nitrogens with one attached hydrogen (secondary N) is 1. The summed E-state index contributed by atoms with van der Waals surface area (Å²) in [5.74, 6) is -0.720. The number of benzene rings is 1. The topological polar surface area (TPSA) is 115 Å². The number of anilines is 2. The van der Waals surface area contributed by atoms with Gasteiger partial charge < -0.3 is 25.4 Å². The van der Waals surface area contributed by atoms with Crippen LogP contribution in [-0.4, -0.2) is 88.5 Å². The summed E-state index contributed by atoms with van der Waals surface area (Å²) >= 11 is 0.986. The van der Waals surface area contributed by atoms with Crippen molar-refractivity contribution in [3.8, 4) is 23.0 Å². The number of methoxy groups -OCH3 is 1. The molecule has 0 aliphatic carbocycles. The van der Waals surface area contributed by atoms with Crippen molar-refractivity contribution in [1.29, 1.82) is 0 Å². The van der Waals surface area contributed by atoms with Crippen LogP contribution >= 0.6 is 11.3 Å². The van der Waals surface area contributed by atoms with Crippen LogP contribution in [0.4, 0.5) is 24.1 Å². The molecule has 43 heavy (non-hydrogen) atoms. The standard InChI is InChI=1S/C29H31F3N8O2S/c1-41-26-19(17-5-6-18(31)24-21(17)36-27(33)43-24)20(32)22-23(35-26)25(40-15-3-4-16(40)11-34-10-15)38-28(37-22)42-13-29-7-2-8-39(29)12-14(30)9-29/h5-6,14-16,34H,2-4,7-13H2,1H3,(H2,33,36)/t14-,15?,16?,29+/m1/s1. The monoisotopic (exact) mass is 612 g/mol. The molecular weight excluding hydrogens is 581 g/mol. The smallest absolute Gasteiger partial charge is 0.319 e. The van der Waals surface area contributed by atoms with Crippen LogP contribution in [0.25, 0.3) is 32.4 Å². The molecule has 4 aliphatic rings. The molecule has 14 heteroatoms. The highest BCUT2D eigenvalue weighted by atomic mass is 32.1. The molecule has 4 saturated heterocycles. The van der Waals surface area contributed by atoms with Crippen molar-refractivity contribution in [2.45, 2.75) is 55.9 Å². The zero-order valence-electron chi connectivity index (χ0n) is 23.6. The lowest BCUT2D eigenvalue weighted by Gasteiger charge is -2.36. The summed E-state index contributed by atoms with van der Waals surface area (Å²) in [7, 11) is 1.41. The molecule has 0 spiro atoms. The Labute approximate surface area is 249 Å². The molecule has 2 unspecified atom stereocenters. The Hall–Kier alpha value is -3.49. The number of ether oxygens (including phenoxy) is 2. The minimum atomic E-state index is -0.905. The van der Waals surface area contributed by atoms with Crippen LogP contribution in [0.5, 0.6) is 11.9 Å². The van der Waals surface area contributed by atoms with E-state index in [2.05, 4.69) is 25.1 Å². The first kappa shape index (κ1) is 27.1. The van der Waals surface area contributed by atoms with Crippen molar-refractivity contribution in [2.75, 3.05) is 50.5 Å².